The van der Waals surface area contributed by atoms with Gasteiger partial charge in [-0.2, -0.15) is 10.2 Å². The van der Waals surface area contributed by atoms with E-state index in [2.05, 4.69) is 21.1 Å². The summed E-state index contributed by atoms with van der Waals surface area (Å²) >= 11 is 0. The van der Waals surface area contributed by atoms with Gasteiger partial charge in [0.2, 0.25) is 0 Å². The number of carbonyl (C=O) groups excluding carboxylic acids is 2. The highest BCUT2D eigenvalue weighted by Gasteiger charge is 2.26. The van der Waals surface area contributed by atoms with Crippen LogP contribution in [0.4, 0.5) is 0 Å². The van der Waals surface area contributed by atoms with Crippen LogP contribution in [0.25, 0.3) is 0 Å². The van der Waals surface area contributed by atoms with Gasteiger partial charge in [-0.25, -0.2) is 10.9 Å². The molecule has 0 aromatic carbocycles. The zero-order chi connectivity index (χ0) is 20.5. The Morgan fingerprint density at radius 2 is 1.36 bits per heavy atom. The molecule has 0 saturated carbocycles. The molecule has 2 N–H and O–H groups in total. The van der Waals surface area contributed by atoms with Crippen LogP contribution in [0.15, 0.2) is 43.3 Å². The van der Waals surface area contributed by atoms with Crippen LogP contribution < -0.4 is 10.9 Å². The third kappa shape index (κ3) is 6.86. The maximum Gasteiger partial charge on any atom is 0.252 e. The molecule has 0 radical (unpaired) electrons. The number of hydrazone groups is 2. The molecule has 2 aromatic rings. The van der Waals surface area contributed by atoms with E-state index in [0.717, 1.165) is 11.5 Å². The average Bonchev–Trinajstić information content (AvgIpc) is 3.23. The first-order valence-electron chi connectivity index (χ1n) is 9.14. The first kappa shape index (κ1) is 21.1. The molecule has 0 aliphatic heterocycles. The van der Waals surface area contributed by atoms with Crippen molar-refractivity contribution in [3.05, 3.63) is 47.3 Å². The van der Waals surface area contributed by atoms with E-state index in [1.165, 1.54) is 12.4 Å². The SMILES string of the molecule is Cc1ccc(/C=N\NC(=O)C(CCC(C)C)C(=O)N/N=C\c2ccc(C)o2)o1. The second kappa shape index (κ2) is 10.2. The Bertz CT molecular complexity index is 784. The minimum absolute atomic E-state index is 0.354. The van der Waals surface area contributed by atoms with E-state index >= 15 is 0 Å². The van der Waals surface area contributed by atoms with Crippen LogP contribution in [0.1, 0.15) is 49.7 Å². The monoisotopic (exact) mass is 386 g/mol. The summed E-state index contributed by atoms with van der Waals surface area (Å²) in [6.45, 7) is 7.68. The van der Waals surface area contributed by atoms with Crippen LogP contribution in [-0.2, 0) is 9.59 Å². The normalized spacial score (nSPS) is 11.8. The second-order valence-corrected chi connectivity index (χ2v) is 6.89. The van der Waals surface area contributed by atoms with Crippen molar-refractivity contribution in [3.63, 3.8) is 0 Å². The highest BCUT2D eigenvalue weighted by atomic mass is 16.3. The number of carbonyl (C=O) groups is 2. The standard InChI is InChI=1S/C20H26N4O4/c1-13(2)5-10-18(19(25)23-21-11-16-8-6-14(3)27-16)20(26)24-22-12-17-9-7-15(4)28-17/h6-9,11-13,18H,5,10H2,1-4H3,(H,23,25)(H,24,26)/b21-11-,22-12-. The number of aryl methyl sites for hydroxylation is 2. The summed E-state index contributed by atoms with van der Waals surface area (Å²) in [5, 5.41) is 7.73. The van der Waals surface area contributed by atoms with Crippen molar-refractivity contribution >= 4 is 24.2 Å². The lowest BCUT2D eigenvalue weighted by Crippen LogP contribution is -2.38. The Hall–Kier alpha value is -3.16. The molecule has 0 unspecified atom stereocenters. The minimum atomic E-state index is -0.909. The highest BCUT2D eigenvalue weighted by Crippen LogP contribution is 2.13. The van der Waals surface area contributed by atoms with Crippen LogP contribution in [0, 0.1) is 25.7 Å². The number of rotatable bonds is 9. The summed E-state index contributed by atoms with van der Waals surface area (Å²) in [5.74, 6) is 0.959. The van der Waals surface area contributed by atoms with Gasteiger partial charge in [-0.05, 0) is 56.9 Å². The highest BCUT2D eigenvalue weighted by molar-refractivity contribution is 6.00. The minimum Gasteiger partial charge on any atom is -0.460 e. The molecule has 0 saturated heterocycles. The first-order chi connectivity index (χ1) is 13.3. The largest absolute Gasteiger partial charge is 0.460 e. The van der Waals surface area contributed by atoms with Crippen molar-refractivity contribution in [3.8, 4) is 0 Å². The number of nitrogens with one attached hydrogen (secondary N) is 2. The quantitative estimate of drug-likeness (QED) is 0.392. The van der Waals surface area contributed by atoms with Gasteiger partial charge >= 0.3 is 0 Å². The molecule has 2 heterocycles. The third-order valence-electron chi connectivity index (χ3n) is 3.92. The molecule has 0 spiro atoms. The Morgan fingerprint density at radius 3 is 1.71 bits per heavy atom. The molecule has 8 nitrogen and oxygen atoms in total. The molecule has 2 aromatic heterocycles. The van der Waals surface area contributed by atoms with Crippen LogP contribution in [-0.4, -0.2) is 24.2 Å². The maximum absolute atomic E-state index is 12.4. The predicted octanol–water partition coefficient (Wildman–Crippen LogP) is 3.14. The lowest BCUT2D eigenvalue weighted by Gasteiger charge is -2.14. The predicted molar refractivity (Wildman–Crippen MR) is 106 cm³/mol. The molecule has 0 fully saturated rings. The van der Waals surface area contributed by atoms with E-state index in [1.54, 1.807) is 24.3 Å². The van der Waals surface area contributed by atoms with E-state index < -0.39 is 17.7 Å². The molecule has 150 valence electrons. The van der Waals surface area contributed by atoms with Gasteiger partial charge in [-0.1, -0.05) is 13.8 Å². The van der Waals surface area contributed by atoms with Crippen LogP contribution in [0.5, 0.6) is 0 Å². The Kier molecular flexibility index (Phi) is 7.74. The maximum atomic E-state index is 12.4. The van der Waals surface area contributed by atoms with Gasteiger partial charge in [0.15, 0.2) is 0 Å². The smallest absolute Gasteiger partial charge is 0.252 e. The van der Waals surface area contributed by atoms with Crippen molar-refractivity contribution < 1.29 is 18.4 Å². The number of hydrogen-bond acceptors (Lipinski definition) is 6. The van der Waals surface area contributed by atoms with Crippen LogP contribution in [0.3, 0.4) is 0 Å². The lowest BCUT2D eigenvalue weighted by molar-refractivity contribution is -0.135. The Morgan fingerprint density at radius 1 is 0.893 bits per heavy atom. The van der Waals surface area contributed by atoms with E-state index in [4.69, 9.17) is 8.83 Å². The number of nitrogens with zero attached hydrogens (tertiary/aromatic N) is 2. The fourth-order valence-electron chi connectivity index (χ4n) is 2.40. The Balaban J connectivity index is 1.96. The molecule has 0 atom stereocenters. The second-order valence-electron chi connectivity index (χ2n) is 6.89. The molecule has 28 heavy (non-hydrogen) atoms. The van der Waals surface area contributed by atoms with Crippen molar-refractivity contribution in [1.29, 1.82) is 0 Å². The number of hydrogen-bond donors (Lipinski definition) is 2. The van der Waals surface area contributed by atoms with E-state index in [1.807, 2.05) is 27.7 Å². The molecule has 0 bridgehead atoms. The molecular weight excluding hydrogens is 360 g/mol. The van der Waals surface area contributed by atoms with Crippen molar-refractivity contribution in [2.75, 3.05) is 0 Å². The van der Waals surface area contributed by atoms with E-state index in [-0.39, 0.29) is 0 Å². The van der Waals surface area contributed by atoms with Crippen LogP contribution >= 0.6 is 0 Å². The van der Waals surface area contributed by atoms with Crippen molar-refractivity contribution in [2.45, 2.75) is 40.5 Å². The van der Waals surface area contributed by atoms with Gasteiger partial charge in [-0.3, -0.25) is 9.59 Å². The van der Waals surface area contributed by atoms with E-state index in [9.17, 15) is 9.59 Å². The van der Waals surface area contributed by atoms with Crippen LogP contribution in [0.2, 0.25) is 0 Å². The summed E-state index contributed by atoms with van der Waals surface area (Å²) in [6, 6.07) is 7.05. The zero-order valence-corrected chi connectivity index (χ0v) is 16.6. The third-order valence-corrected chi connectivity index (χ3v) is 3.92. The van der Waals surface area contributed by atoms with Crippen molar-refractivity contribution in [1.82, 2.24) is 10.9 Å². The van der Waals surface area contributed by atoms with Gasteiger partial charge < -0.3 is 8.83 Å². The summed E-state index contributed by atoms with van der Waals surface area (Å²) in [4.78, 5) is 24.9. The molecule has 2 amide bonds. The fourth-order valence-corrected chi connectivity index (χ4v) is 2.40. The molecule has 0 aliphatic rings. The van der Waals surface area contributed by atoms with E-state index in [0.29, 0.717) is 30.3 Å². The summed E-state index contributed by atoms with van der Waals surface area (Å²) in [7, 11) is 0. The van der Waals surface area contributed by atoms with Gasteiger partial charge in [0.1, 0.15) is 29.0 Å². The summed E-state index contributed by atoms with van der Waals surface area (Å²) < 4.78 is 10.7. The number of amides is 2. The fraction of sp³-hybridized carbons (Fsp3) is 0.400. The van der Waals surface area contributed by atoms with Crippen molar-refractivity contribution in [2.24, 2.45) is 22.0 Å². The topological polar surface area (TPSA) is 109 Å². The van der Waals surface area contributed by atoms with Gasteiger partial charge in [-0.15, -0.1) is 0 Å². The molecule has 0 aliphatic carbocycles. The zero-order valence-electron chi connectivity index (χ0n) is 16.6. The average molecular weight is 386 g/mol. The van der Waals surface area contributed by atoms with Gasteiger partial charge in [0, 0.05) is 0 Å². The summed E-state index contributed by atoms with van der Waals surface area (Å²) in [6.07, 6.45) is 3.88. The summed E-state index contributed by atoms with van der Waals surface area (Å²) in [5.41, 5.74) is 4.79. The van der Waals surface area contributed by atoms with Gasteiger partial charge in [0.05, 0.1) is 12.4 Å². The molecular formula is C20H26N4O4. The van der Waals surface area contributed by atoms with Gasteiger partial charge in [0.25, 0.3) is 11.8 Å². The number of furan rings is 2. The lowest BCUT2D eigenvalue weighted by atomic mass is 9.96. The molecule has 8 heteroatoms. The Labute approximate surface area is 164 Å². The molecule has 2 rings (SSSR count). The first-order valence-corrected chi connectivity index (χ1v) is 9.14.